The van der Waals surface area contributed by atoms with E-state index in [2.05, 4.69) is 29.0 Å². The number of halogens is 2. The third-order valence-electron chi connectivity index (χ3n) is 5.89. The van der Waals surface area contributed by atoms with Gasteiger partial charge in [-0.3, -0.25) is 9.69 Å². The van der Waals surface area contributed by atoms with E-state index in [1.54, 1.807) is 0 Å². The van der Waals surface area contributed by atoms with Crippen LogP contribution in [0.4, 0.5) is 0 Å². The Balaban J connectivity index is 0.00000144. The normalized spacial score (nSPS) is 28.2. The quantitative estimate of drug-likeness (QED) is 0.786. The minimum Gasteiger partial charge on any atom is -0.379 e. The molecule has 24 heavy (non-hydrogen) atoms. The Bertz CT molecular complexity index is 378. The molecule has 3 heterocycles. The van der Waals surface area contributed by atoms with Gasteiger partial charge in [-0.2, -0.15) is 0 Å². The van der Waals surface area contributed by atoms with Gasteiger partial charge in [-0.15, -0.1) is 24.8 Å². The molecular weight excluding hydrogens is 349 g/mol. The van der Waals surface area contributed by atoms with E-state index >= 15 is 0 Å². The van der Waals surface area contributed by atoms with Crippen molar-refractivity contribution in [3.05, 3.63) is 0 Å². The van der Waals surface area contributed by atoms with Gasteiger partial charge < -0.3 is 15.0 Å². The molecule has 0 aromatic heterocycles. The van der Waals surface area contributed by atoms with Crippen molar-refractivity contribution in [2.45, 2.75) is 32.7 Å². The lowest BCUT2D eigenvalue weighted by Gasteiger charge is -2.39. The van der Waals surface area contributed by atoms with Crippen molar-refractivity contribution in [3.8, 4) is 0 Å². The fraction of sp³-hybridized carbons (Fsp3) is 0.941. The molecule has 3 aliphatic rings. The van der Waals surface area contributed by atoms with E-state index in [1.807, 2.05) is 0 Å². The summed E-state index contributed by atoms with van der Waals surface area (Å²) in [7, 11) is 0. The largest absolute Gasteiger partial charge is 0.379 e. The van der Waals surface area contributed by atoms with E-state index < -0.39 is 0 Å². The summed E-state index contributed by atoms with van der Waals surface area (Å²) in [5.74, 6) is 2.20. The van der Waals surface area contributed by atoms with Crippen LogP contribution >= 0.6 is 24.8 Å². The molecule has 3 saturated heterocycles. The highest BCUT2D eigenvalue weighted by molar-refractivity contribution is 5.85. The molecule has 0 saturated carbocycles. The topological polar surface area (TPSA) is 44.8 Å². The molecular formula is C17H33Cl2N3O2. The van der Waals surface area contributed by atoms with Crippen LogP contribution in [0.1, 0.15) is 26.7 Å². The zero-order valence-electron chi connectivity index (χ0n) is 14.9. The van der Waals surface area contributed by atoms with Gasteiger partial charge in [-0.05, 0) is 17.8 Å². The molecule has 0 aliphatic carbocycles. The predicted octanol–water partition coefficient (Wildman–Crippen LogP) is 1.64. The second-order valence-corrected chi connectivity index (χ2v) is 7.09. The summed E-state index contributed by atoms with van der Waals surface area (Å²) >= 11 is 0. The van der Waals surface area contributed by atoms with Crippen LogP contribution in [-0.2, 0) is 9.53 Å². The number of hydrogen-bond donors (Lipinski definition) is 1. The number of nitrogens with one attached hydrogen (secondary N) is 1. The summed E-state index contributed by atoms with van der Waals surface area (Å²) in [6, 6.07) is 0.0608. The Hall–Kier alpha value is -0.0700. The molecule has 142 valence electrons. The van der Waals surface area contributed by atoms with E-state index in [4.69, 9.17) is 4.74 Å². The molecule has 5 nitrogen and oxygen atoms in total. The highest BCUT2D eigenvalue weighted by Gasteiger charge is 2.42. The molecule has 0 aromatic rings. The van der Waals surface area contributed by atoms with Crippen molar-refractivity contribution >= 4 is 30.7 Å². The van der Waals surface area contributed by atoms with Crippen LogP contribution in [0.3, 0.4) is 0 Å². The summed E-state index contributed by atoms with van der Waals surface area (Å²) in [6.45, 7) is 11.8. The minimum absolute atomic E-state index is 0. The smallest absolute Gasteiger partial charge is 0.240 e. The van der Waals surface area contributed by atoms with Gasteiger partial charge in [0, 0.05) is 39.3 Å². The highest BCUT2D eigenvalue weighted by Crippen LogP contribution is 2.29. The summed E-state index contributed by atoms with van der Waals surface area (Å²) < 4.78 is 5.49. The molecule has 3 rings (SSSR count). The van der Waals surface area contributed by atoms with E-state index in [0.717, 1.165) is 65.3 Å². The van der Waals surface area contributed by atoms with E-state index in [1.165, 1.54) is 0 Å². The van der Waals surface area contributed by atoms with Crippen LogP contribution in [0.5, 0.6) is 0 Å². The number of morpholine rings is 1. The first-order chi connectivity index (χ1) is 10.7. The van der Waals surface area contributed by atoms with Gasteiger partial charge in [0.2, 0.25) is 5.91 Å². The molecule has 0 bridgehead atoms. The van der Waals surface area contributed by atoms with Crippen LogP contribution in [0.25, 0.3) is 0 Å². The van der Waals surface area contributed by atoms with Crippen LogP contribution < -0.4 is 5.32 Å². The van der Waals surface area contributed by atoms with Gasteiger partial charge in [0.15, 0.2) is 0 Å². The van der Waals surface area contributed by atoms with E-state index in [0.29, 0.717) is 23.7 Å². The summed E-state index contributed by atoms with van der Waals surface area (Å²) in [4.78, 5) is 17.8. The fourth-order valence-corrected chi connectivity index (χ4v) is 4.47. The summed E-state index contributed by atoms with van der Waals surface area (Å²) in [5, 5.41) is 3.46. The Morgan fingerprint density at radius 1 is 1.08 bits per heavy atom. The molecule has 0 spiro atoms. The monoisotopic (exact) mass is 381 g/mol. The number of carbonyl (C=O) groups is 1. The first-order valence-corrected chi connectivity index (χ1v) is 9.05. The molecule has 3 aliphatic heterocycles. The van der Waals surface area contributed by atoms with Crippen LogP contribution in [0, 0.1) is 17.8 Å². The highest BCUT2D eigenvalue weighted by atomic mass is 35.5. The number of likely N-dealkylation sites (tertiary alicyclic amines) is 1. The predicted molar refractivity (Wildman–Crippen MR) is 101 cm³/mol. The fourth-order valence-electron chi connectivity index (χ4n) is 4.47. The van der Waals surface area contributed by atoms with Crippen LogP contribution in [0.2, 0.25) is 0 Å². The Morgan fingerprint density at radius 2 is 1.62 bits per heavy atom. The number of fused-ring (bicyclic) bond motifs is 1. The molecule has 1 unspecified atom stereocenters. The third kappa shape index (κ3) is 4.55. The van der Waals surface area contributed by atoms with Gasteiger partial charge in [-0.25, -0.2) is 0 Å². The second-order valence-electron chi connectivity index (χ2n) is 7.09. The standard InChI is InChI=1S/C17H31N3O2.2ClH/c1-3-13(4-2)16(19-5-7-22-8-6-19)17(21)20-11-14-9-18-10-15(14)12-20;;/h13-16,18H,3-12H2,1-2H3;2*1H/t14-,15+,16?;;. The maximum absolute atomic E-state index is 13.3. The molecule has 7 heteroatoms. The molecule has 0 radical (unpaired) electrons. The lowest BCUT2D eigenvalue weighted by molar-refractivity contribution is -0.140. The third-order valence-corrected chi connectivity index (χ3v) is 5.89. The lowest BCUT2D eigenvalue weighted by atomic mass is 9.91. The minimum atomic E-state index is 0. The molecule has 1 N–H and O–H groups in total. The first kappa shape index (κ1) is 22.0. The van der Waals surface area contributed by atoms with Gasteiger partial charge in [0.1, 0.15) is 0 Å². The number of hydrogen-bond acceptors (Lipinski definition) is 4. The Labute approximate surface area is 158 Å². The van der Waals surface area contributed by atoms with Gasteiger partial charge >= 0.3 is 0 Å². The zero-order valence-corrected chi connectivity index (χ0v) is 16.5. The van der Waals surface area contributed by atoms with Gasteiger partial charge in [0.05, 0.1) is 19.3 Å². The van der Waals surface area contributed by atoms with Crippen molar-refractivity contribution in [1.82, 2.24) is 15.1 Å². The van der Waals surface area contributed by atoms with Crippen LogP contribution in [-0.4, -0.2) is 74.2 Å². The van der Waals surface area contributed by atoms with Crippen molar-refractivity contribution in [1.29, 1.82) is 0 Å². The number of nitrogens with zero attached hydrogens (tertiary/aromatic N) is 2. The van der Waals surface area contributed by atoms with Crippen molar-refractivity contribution < 1.29 is 9.53 Å². The molecule has 1 amide bonds. The molecule has 3 atom stereocenters. The molecule has 0 aromatic carbocycles. The first-order valence-electron chi connectivity index (χ1n) is 9.05. The average Bonchev–Trinajstić information content (AvgIpc) is 3.14. The number of ether oxygens (including phenoxy) is 1. The van der Waals surface area contributed by atoms with Crippen LogP contribution in [0.15, 0.2) is 0 Å². The Morgan fingerprint density at radius 3 is 2.12 bits per heavy atom. The maximum atomic E-state index is 13.3. The Kier molecular flexibility index (Phi) is 9.31. The zero-order chi connectivity index (χ0) is 15.5. The number of rotatable bonds is 5. The maximum Gasteiger partial charge on any atom is 0.240 e. The van der Waals surface area contributed by atoms with Gasteiger partial charge in [-0.1, -0.05) is 26.7 Å². The summed E-state index contributed by atoms with van der Waals surface area (Å²) in [6.07, 6.45) is 2.15. The molecule has 3 fully saturated rings. The second kappa shape index (κ2) is 10.2. The van der Waals surface area contributed by atoms with Crippen molar-refractivity contribution in [2.24, 2.45) is 17.8 Å². The van der Waals surface area contributed by atoms with Crippen molar-refractivity contribution in [3.63, 3.8) is 0 Å². The van der Waals surface area contributed by atoms with E-state index in [9.17, 15) is 4.79 Å². The summed E-state index contributed by atoms with van der Waals surface area (Å²) in [5.41, 5.74) is 0. The van der Waals surface area contributed by atoms with E-state index in [-0.39, 0.29) is 30.9 Å². The number of carbonyl (C=O) groups excluding carboxylic acids is 1. The van der Waals surface area contributed by atoms with Gasteiger partial charge in [0.25, 0.3) is 0 Å². The SMILES string of the molecule is CCC(CC)C(C(=O)N1C[C@H]2CNC[C@H]2C1)N1CCOCC1.Cl.Cl. The average molecular weight is 382 g/mol. The lowest BCUT2D eigenvalue weighted by Crippen LogP contribution is -2.55. The number of amides is 1. The van der Waals surface area contributed by atoms with Crippen molar-refractivity contribution in [2.75, 3.05) is 52.5 Å².